The van der Waals surface area contributed by atoms with Crippen LogP contribution in [0, 0.1) is 0 Å². The lowest BCUT2D eigenvalue weighted by atomic mass is 10.0. The highest BCUT2D eigenvalue weighted by Crippen LogP contribution is 2.20. The molecule has 136 valence electrons. The van der Waals surface area contributed by atoms with Crippen molar-refractivity contribution in [2.45, 2.75) is 25.5 Å². The number of carboxylic acid groups (broad SMARTS) is 1. The summed E-state index contributed by atoms with van der Waals surface area (Å²) in [4.78, 5) is 34.2. The summed E-state index contributed by atoms with van der Waals surface area (Å²) < 4.78 is 0. The van der Waals surface area contributed by atoms with Gasteiger partial charge in [0.1, 0.15) is 6.04 Å². The van der Waals surface area contributed by atoms with Gasteiger partial charge in [-0.05, 0) is 35.2 Å². The van der Waals surface area contributed by atoms with E-state index in [-0.39, 0.29) is 19.4 Å². The molecule has 0 saturated carbocycles. The van der Waals surface area contributed by atoms with E-state index >= 15 is 0 Å². The number of aliphatic hydroxyl groups excluding tert-OH is 1. The van der Waals surface area contributed by atoms with Crippen LogP contribution in [0.5, 0.6) is 0 Å². The number of hydrogen-bond donors (Lipinski definition) is 4. The lowest BCUT2D eigenvalue weighted by molar-refractivity contribution is -0.137. The third kappa shape index (κ3) is 5.15. The fourth-order valence-corrected chi connectivity index (χ4v) is 2.41. The van der Waals surface area contributed by atoms with Crippen molar-refractivity contribution in [2.24, 2.45) is 5.73 Å². The van der Waals surface area contributed by atoms with E-state index in [1.807, 2.05) is 24.3 Å². The summed E-state index contributed by atoms with van der Waals surface area (Å²) in [6.45, 7) is -0.0255. The average molecular weight is 356 g/mol. The zero-order valence-corrected chi connectivity index (χ0v) is 14.0. The molecular weight excluding hydrogens is 336 g/mol. The van der Waals surface area contributed by atoms with E-state index < -0.39 is 23.8 Å². The molecule has 0 heterocycles. The molecule has 0 aliphatic heterocycles. The maximum Gasteiger partial charge on any atom is 0.303 e. The van der Waals surface area contributed by atoms with E-state index in [1.54, 1.807) is 24.3 Å². The number of nitrogens with one attached hydrogen (secondary N) is 1. The quantitative estimate of drug-likeness (QED) is 0.566. The Hall–Kier alpha value is -3.19. The van der Waals surface area contributed by atoms with Crippen molar-refractivity contribution in [3.05, 3.63) is 59.7 Å². The van der Waals surface area contributed by atoms with Crippen molar-refractivity contribution in [3.8, 4) is 11.1 Å². The van der Waals surface area contributed by atoms with E-state index in [0.29, 0.717) is 5.56 Å². The van der Waals surface area contributed by atoms with Gasteiger partial charge in [-0.25, -0.2) is 0 Å². The standard InChI is InChI=1S/C19H20N2O5/c20-18(25)16(9-10-17(23)24)21-19(26)15-7-5-14(6-8-15)13-3-1-12(11-22)2-4-13/h1-8,16,22H,9-11H2,(H2,20,25)(H,21,26)(H,23,24)/t16-/m0/s1. The van der Waals surface area contributed by atoms with Crippen LogP contribution in [0.15, 0.2) is 48.5 Å². The summed E-state index contributed by atoms with van der Waals surface area (Å²) in [5, 5.41) is 20.2. The highest BCUT2D eigenvalue weighted by Gasteiger charge is 2.20. The lowest BCUT2D eigenvalue weighted by Gasteiger charge is -2.14. The molecule has 0 aromatic heterocycles. The molecule has 2 amide bonds. The second-order valence-electron chi connectivity index (χ2n) is 5.79. The van der Waals surface area contributed by atoms with Crippen LogP contribution in [0.1, 0.15) is 28.8 Å². The van der Waals surface area contributed by atoms with E-state index in [4.69, 9.17) is 15.9 Å². The predicted octanol–water partition coefficient (Wildman–Crippen LogP) is 1.29. The molecule has 2 rings (SSSR count). The topological polar surface area (TPSA) is 130 Å². The molecule has 7 nitrogen and oxygen atoms in total. The van der Waals surface area contributed by atoms with Gasteiger partial charge in [0.25, 0.3) is 5.91 Å². The number of primary amides is 1. The minimum absolute atomic E-state index is 0.0255. The molecule has 0 aliphatic rings. The molecule has 7 heteroatoms. The van der Waals surface area contributed by atoms with E-state index in [2.05, 4.69) is 5.32 Å². The summed E-state index contributed by atoms with van der Waals surface area (Å²) in [7, 11) is 0. The zero-order valence-electron chi connectivity index (χ0n) is 14.0. The second kappa shape index (κ2) is 8.77. The number of carbonyl (C=O) groups is 3. The van der Waals surface area contributed by atoms with Crippen LogP contribution in [0.2, 0.25) is 0 Å². The first-order chi connectivity index (χ1) is 12.4. The van der Waals surface area contributed by atoms with Gasteiger partial charge in [0.15, 0.2) is 0 Å². The Balaban J connectivity index is 2.07. The lowest BCUT2D eigenvalue weighted by Crippen LogP contribution is -2.44. The van der Waals surface area contributed by atoms with Crippen molar-refractivity contribution in [1.82, 2.24) is 5.32 Å². The van der Waals surface area contributed by atoms with Gasteiger partial charge < -0.3 is 21.3 Å². The molecule has 5 N–H and O–H groups in total. The second-order valence-corrected chi connectivity index (χ2v) is 5.79. The van der Waals surface area contributed by atoms with Gasteiger partial charge in [-0.2, -0.15) is 0 Å². The Morgan fingerprint density at radius 2 is 1.50 bits per heavy atom. The van der Waals surface area contributed by atoms with E-state index in [9.17, 15) is 14.4 Å². The predicted molar refractivity (Wildman–Crippen MR) is 95.1 cm³/mol. The van der Waals surface area contributed by atoms with Crippen LogP contribution < -0.4 is 11.1 Å². The van der Waals surface area contributed by atoms with E-state index in [0.717, 1.165) is 16.7 Å². The summed E-state index contributed by atoms with van der Waals surface area (Å²) in [6.07, 6.45) is -0.331. The number of nitrogens with two attached hydrogens (primary N) is 1. The van der Waals surface area contributed by atoms with Gasteiger partial charge in [0.05, 0.1) is 6.61 Å². The summed E-state index contributed by atoms with van der Waals surface area (Å²) in [5.74, 6) is -2.34. The Morgan fingerprint density at radius 3 is 1.96 bits per heavy atom. The molecule has 0 aliphatic carbocycles. The number of benzene rings is 2. The maximum atomic E-state index is 12.2. The van der Waals surface area contributed by atoms with Crippen molar-refractivity contribution >= 4 is 17.8 Å². The van der Waals surface area contributed by atoms with Gasteiger partial charge in [-0.1, -0.05) is 36.4 Å². The largest absolute Gasteiger partial charge is 0.481 e. The molecule has 0 spiro atoms. The van der Waals surface area contributed by atoms with Crippen LogP contribution in [0.4, 0.5) is 0 Å². The molecule has 0 bridgehead atoms. The fraction of sp³-hybridized carbons (Fsp3) is 0.211. The van der Waals surface area contributed by atoms with Gasteiger partial charge in [-0.15, -0.1) is 0 Å². The van der Waals surface area contributed by atoms with Gasteiger partial charge in [0.2, 0.25) is 5.91 Å². The average Bonchev–Trinajstić information content (AvgIpc) is 2.64. The van der Waals surface area contributed by atoms with Crippen molar-refractivity contribution in [1.29, 1.82) is 0 Å². The maximum absolute atomic E-state index is 12.2. The molecule has 26 heavy (non-hydrogen) atoms. The molecule has 0 radical (unpaired) electrons. The van der Waals surface area contributed by atoms with Crippen molar-refractivity contribution in [3.63, 3.8) is 0 Å². The third-order valence-corrected chi connectivity index (χ3v) is 3.91. The first-order valence-electron chi connectivity index (χ1n) is 8.03. The van der Waals surface area contributed by atoms with Gasteiger partial charge in [0, 0.05) is 12.0 Å². The summed E-state index contributed by atoms with van der Waals surface area (Å²) in [6, 6.07) is 13.1. The molecule has 2 aromatic rings. The SMILES string of the molecule is NC(=O)[C@H](CCC(=O)O)NC(=O)c1ccc(-c2ccc(CO)cc2)cc1. The fourth-order valence-electron chi connectivity index (χ4n) is 2.41. The number of carboxylic acids is 1. The van der Waals surface area contributed by atoms with Crippen molar-refractivity contribution < 1.29 is 24.6 Å². The first kappa shape index (κ1) is 19.1. The Labute approximate surface area is 150 Å². The van der Waals surface area contributed by atoms with Crippen LogP contribution in [-0.4, -0.2) is 34.0 Å². The zero-order chi connectivity index (χ0) is 19.1. The minimum atomic E-state index is -1.07. The molecule has 2 aromatic carbocycles. The van der Waals surface area contributed by atoms with Gasteiger partial charge >= 0.3 is 5.97 Å². The number of rotatable bonds is 8. The normalized spacial score (nSPS) is 11.6. The molecule has 1 atom stereocenters. The Kier molecular flexibility index (Phi) is 6.46. The summed E-state index contributed by atoms with van der Waals surface area (Å²) in [5.41, 5.74) is 8.18. The molecular formula is C19H20N2O5. The number of aliphatic carboxylic acids is 1. The highest BCUT2D eigenvalue weighted by atomic mass is 16.4. The monoisotopic (exact) mass is 356 g/mol. The van der Waals surface area contributed by atoms with Crippen LogP contribution in [0.3, 0.4) is 0 Å². The van der Waals surface area contributed by atoms with Crippen LogP contribution >= 0.6 is 0 Å². The number of hydrogen-bond acceptors (Lipinski definition) is 4. The Morgan fingerprint density at radius 1 is 0.962 bits per heavy atom. The number of amides is 2. The summed E-state index contributed by atoms with van der Waals surface area (Å²) >= 11 is 0. The minimum Gasteiger partial charge on any atom is -0.481 e. The molecule has 0 unspecified atom stereocenters. The van der Waals surface area contributed by atoms with Crippen molar-refractivity contribution in [2.75, 3.05) is 0 Å². The van der Waals surface area contributed by atoms with Crippen LogP contribution in [0.25, 0.3) is 11.1 Å². The van der Waals surface area contributed by atoms with E-state index in [1.165, 1.54) is 0 Å². The van der Waals surface area contributed by atoms with Crippen LogP contribution in [-0.2, 0) is 16.2 Å². The number of aliphatic hydroxyl groups is 1. The highest BCUT2D eigenvalue weighted by molar-refractivity contribution is 5.97. The number of carbonyl (C=O) groups excluding carboxylic acids is 2. The third-order valence-electron chi connectivity index (χ3n) is 3.91. The Bertz CT molecular complexity index is 785. The smallest absolute Gasteiger partial charge is 0.303 e. The first-order valence-corrected chi connectivity index (χ1v) is 8.03. The molecule has 0 fully saturated rings. The van der Waals surface area contributed by atoms with Gasteiger partial charge in [-0.3, -0.25) is 14.4 Å². The molecule has 0 saturated heterocycles.